The Kier molecular flexibility index (Phi) is 3.82. The minimum Gasteiger partial charge on any atom is -0.344 e. The first kappa shape index (κ1) is 13.5. The molecular weight excluding hydrogens is 248 g/mol. The summed E-state index contributed by atoms with van der Waals surface area (Å²) >= 11 is 0. The molecule has 1 aliphatic rings. The van der Waals surface area contributed by atoms with Crippen LogP contribution < -0.4 is 5.32 Å². The molecule has 0 aromatic carbocycles. The highest BCUT2D eigenvalue weighted by molar-refractivity contribution is 5.90. The number of aryl methyl sites for hydroxylation is 1. The molecule has 1 aromatic heterocycles. The molecular formula is C12H18N4O3. The maximum Gasteiger partial charge on any atom is 0.246 e. The Bertz CT molecular complexity index is 483. The Morgan fingerprint density at radius 3 is 2.79 bits per heavy atom. The van der Waals surface area contributed by atoms with E-state index >= 15 is 0 Å². The Labute approximate surface area is 111 Å². The second-order valence-corrected chi connectivity index (χ2v) is 5.03. The molecule has 0 aliphatic carbocycles. The third-order valence-electron chi connectivity index (χ3n) is 3.07. The van der Waals surface area contributed by atoms with E-state index in [-0.39, 0.29) is 24.3 Å². The zero-order valence-corrected chi connectivity index (χ0v) is 11.3. The van der Waals surface area contributed by atoms with Crippen molar-refractivity contribution in [2.45, 2.75) is 39.8 Å². The summed E-state index contributed by atoms with van der Waals surface area (Å²) in [4.78, 5) is 29.6. The minimum absolute atomic E-state index is 0.0430. The fourth-order valence-electron chi connectivity index (χ4n) is 2.03. The van der Waals surface area contributed by atoms with Gasteiger partial charge in [-0.25, -0.2) is 0 Å². The molecule has 1 N–H and O–H groups in total. The van der Waals surface area contributed by atoms with E-state index in [0.29, 0.717) is 24.7 Å². The van der Waals surface area contributed by atoms with Gasteiger partial charge in [0.25, 0.3) is 0 Å². The van der Waals surface area contributed by atoms with Crippen LogP contribution in [0.2, 0.25) is 0 Å². The van der Waals surface area contributed by atoms with E-state index in [1.165, 1.54) is 0 Å². The van der Waals surface area contributed by atoms with E-state index in [2.05, 4.69) is 15.5 Å². The van der Waals surface area contributed by atoms with Gasteiger partial charge in [-0.3, -0.25) is 9.59 Å². The summed E-state index contributed by atoms with van der Waals surface area (Å²) < 4.78 is 5.02. The van der Waals surface area contributed by atoms with Crippen molar-refractivity contribution in [3.05, 3.63) is 11.7 Å². The summed E-state index contributed by atoms with van der Waals surface area (Å²) in [7, 11) is 0. The first-order valence-electron chi connectivity index (χ1n) is 6.34. The molecule has 0 spiro atoms. The normalized spacial score (nSPS) is 20.6. The summed E-state index contributed by atoms with van der Waals surface area (Å²) in [6, 6.07) is -0.487. The number of carbonyl (C=O) groups is 2. The van der Waals surface area contributed by atoms with Gasteiger partial charge in [0, 0.05) is 13.0 Å². The predicted molar refractivity (Wildman–Crippen MR) is 65.8 cm³/mol. The van der Waals surface area contributed by atoms with Crippen molar-refractivity contribution in [1.82, 2.24) is 20.4 Å². The minimum atomic E-state index is -0.487. The van der Waals surface area contributed by atoms with Gasteiger partial charge in [0.05, 0.1) is 0 Å². The smallest absolute Gasteiger partial charge is 0.246 e. The van der Waals surface area contributed by atoms with Gasteiger partial charge in [-0.15, -0.1) is 0 Å². The standard InChI is InChI=1S/C12H18N4O3/c1-7(2)11-12(18)16(5-4-9(17)14-11)6-10-13-8(3)15-19-10/h7,11H,4-6H2,1-3H3,(H,14,17). The number of hydrogen-bond acceptors (Lipinski definition) is 5. The Morgan fingerprint density at radius 1 is 1.47 bits per heavy atom. The van der Waals surface area contributed by atoms with Gasteiger partial charge in [-0.2, -0.15) is 4.98 Å². The van der Waals surface area contributed by atoms with Crippen molar-refractivity contribution in [3.63, 3.8) is 0 Å². The summed E-state index contributed by atoms with van der Waals surface area (Å²) in [5.41, 5.74) is 0. The highest BCUT2D eigenvalue weighted by atomic mass is 16.5. The van der Waals surface area contributed by atoms with E-state index in [4.69, 9.17) is 4.52 Å². The summed E-state index contributed by atoms with van der Waals surface area (Å²) in [5.74, 6) is 0.768. The van der Waals surface area contributed by atoms with Crippen LogP contribution >= 0.6 is 0 Å². The van der Waals surface area contributed by atoms with E-state index in [1.54, 1.807) is 11.8 Å². The second kappa shape index (κ2) is 5.38. The van der Waals surface area contributed by atoms with Gasteiger partial charge < -0.3 is 14.7 Å². The average molecular weight is 266 g/mol. The second-order valence-electron chi connectivity index (χ2n) is 5.03. The third-order valence-corrected chi connectivity index (χ3v) is 3.07. The van der Waals surface area contributed by atoms with Gasteiger partial charge in [-0.1, -0.05) is 19.0 Å². The van der Waals surface area contributed by atoms with E-state index < -0.39 is 6.04 Å². The van der Waals surface area contributed by atoms with Crippen LogP contribution in [0.4, 0.5) is 0 Å². The Morgan fingerprint density at radius 2 is 2.21 bits per heavy atom. The number of carbonyl (C=O) groups excluding carboxylic acids is 2. The zero-order valence-electron chi connectivity index (χ0n) is 11.3. The van der Waals surface area contributed by atoms with Gasteiger partial charge in [0.1, 0.15) is 12.6 Å². The van der Waals surface area contributed by atoms with Crippen LogP contribution in [0, 0.1) is 12.8 Å². The fourth-order valence-corrected chi connectivity index (χ4v) is 2.03. The van der Waals surface area contributed by atoms with Gasteiger partial charge in [0.15, 0.2) is 5.82 Å². The first-order chi connectivity index (χ1) is 8.97. The molecule has 1 aliphatic heterocycles. The quantitative estimate of drug-likeness (QED) is 0.847. The largest absolute Gasteiger partial charge is 0.344 e. The van der Waals surface area contributed by atoms with Crippen LogP contribution in [-0.2, 0) is 16.1 Å². The molecule has 0 saturated carbocycles. The zero-order chi connectivity index (χ0) is 14.0. The molecule has 2 heterocycles. The van der Waals surface area contributed by atoms with Crippen molar-refractivity contribution >= 4 is 11.8 Å². The van der Waals surface area contributed by atoms with Crippen LogP contribution in [-0.4, -0.2) is 39.4 Å². The van der Waals surface area contributed by atoms with Crippen molar-refractivity contribution in [2.75, 3.05) is 6.54 Å². The number of rotatable bonds is 3. The maximum atomic E-state index is 12.4. The molecule has 1 aromatic rings. The van der Waals surface area contributed by atoms with Crippen LogP contribution in [0.25, 0.3) is 0 Å². The number of amides is 2. The first-order valence-corrected chi connectivity index (χ1v) is 6.34. The molecule has 0 radical (unpaired) electrons. The third kappa shape index (κ3) is 3.10. The van der Waals surface area contributed by atoms with Crippen LogP contribution in [0.5, 0.6) is 0 Å². The topological polar surface area (TPSA) is 88.3 Å². The SMILES string of the molecule is Cc1noc(CN2CCC(=O)NC(C(C)C)C2=O)n1. The lowest BCUT2D eigenvalue weighted by Crippen LogP contribution is -2.47. The number of hydrogen-bond donors (Lipinski definition) is 1. The molecule has 19 heavy (non-hydrogen) atoms. The van der Waals surface area contributed by atoms with Crippen molar-refractivity contribution in [2.24, 2.45) is 5.92 Å². The van der Waals surface area contributed by atoms with Crippen molar-refractivity contribution in [1.29, 1.82) is 0 Å². The molecule has 2 rings (SSSR count). The molecule has 7 heteroatoms. The summed E-state index contributed by atoms with van der Waals surface area (Å²) in [5, 5.41) is 6.45. The van der Waals surface area contributed by atoms with Gasteiger partial charge >= 0.3 is 0 Å². The van der Waals surface area contributed by atoms with E-state index in [9.17, 15) is 9.59 Å². The van der Waals surface area contributed by atoms with Crippen LogP contribution in [0.1, 0.15) is 32.0 Å². The molecule has 104 valence electrons. The van der Waals surface area contributed by atoms with Gasteiger partial charge in [-0.05, 0) is 12.8 Å². The van der Waals surface area contributed by atoms with E-state index in [0.717, 1.165) is 0 Å². The molecule has 1 saturated heterocycles. The number of nitrogens with zero attached hydrogens (tertiary/aromatic N) is 3. The predicted octanol–water partition coefficient (Wildman–Crippen LogP) is 0.251. The average Bonchev–Trinajstić information content (AvgIpc) is 2.69. The molecule has 1 fully saturated rings. The van der Waals surface area contributed by atoms with Crippen LogP contribution in [0.15, 0.2) is 4.52 Å². The van der Waals surface area contributed by atoms with Crippen molar-refractivity contribution < 1.29 is 14.1 Å². The molecule has 2 amide bonds. The highest BCUT2D eigenvalue weighted by Gasteiger charge is 2.32. The lowest BCUT2D eigenvalue weighted by Gasteiger charge is -2.24. The van der Waals surface area contributed by atoms with Crippen molar-refractivity contribution in [3.8, 4) is 0 Å². The summed E-state index contributed by atoms with van der Waals surface area (Å²) in [6.07, 6.45) is 0.294. The maximum absolute atomic E-state index is 12.4. The fraction of sp³-hybridized carbons (Fsp3) is 0.667. The summed E-state index contributed by atoms with van der Waals surface area (Å²) in [6.45, 7) is 6.15. The molecule has 0 bridgehead atoms. The lowest BCUT2D eigenvalue weighted by atomic mass is 10.0. The van der Waals surface area contributed by atoms with Gasteiger partial charge in [0.2, 0.25) is 17.7 Å². The monoisotopic (exact) mass is 266 g/mol. The highest BCUT2D eigenvalue weighted by Crippen LogP contribution is 2.13. The number of nitrogens with one attached hydrogen (secondary N) is 1. The van der Waals surface area contributed by atoms with Crippen LogP contribution in [0.3, 0.4) is 0 Å². The van der Waals surface area contributed by atoms with E-state index in [1.807, 2.05) is 13.8 Å². The Balaban J connectivity index is 2.14. The molecule has 1 unspecified atom stereocenters. The molecule has 7 nitrogen and oxygen atoms in total. The number of aromatic nitrogens is 2. The molecule has 1 atom stereocenters. The lowest BCUT2D eigenvalue weighted by molar-refractivity contribution is -0.135. The Hall–Kier alpha value is -1.92.